The summed E-state index contributed by atoms with van der Waals surface area (Å²) < 4.78 is 42.8. The van der Waals surface area contributed by atoms with Crippen LogP contribution < -0.4 is 35.1 Å². The summed E-state index contributed by atoms with van der Waals surface area (Å²) in [5, 5.41) is 54.4. The van der Waals surface area contributed by atoms with Crippen LogP contribution >= 0.6 is 23.2 Å². The van der Waals surface area contributed by atoms with E-state index in [1.54, 1.807) is 26.2 Å². The van der Waals surface area contributed by atoms with Gasteiger partial charge in [0, 0.05) is 103 Å². The van der Waals surface area contributed by atoms with Gasteiger partial charge in [-0.2, -0.15) is 0 Å². The standard InChI is InChI=1S/C24H27NO5.C24H18O10.C20H29NO4.C17H17NO2.C16H14Cl2O/c1-15(10-12-20(26)25-13-17-7-5-4-6-8-17)9-11-18-22(27)21-19(14-30-24(21)28)16(2)23(18)29-3;1-12(25)20-8-14(27)22-16(4-2-6-18(22)33-20)31-10-13(26)11-32-17-5-3-7-19-23(17)15(28)9-21(34-19)24(29)30;1-17(22)25-16-19(23)9-3-6-13-24-20-10-7-8-18(14-20)15-21-11-4-2-5-12-21;1-18-8-7-10-3-2-4-12-15(10)13(18)9-11-5-6-14(19)17(20)16(11)12;1-10-7-8-15(17)14(16(10)18)9-12-5-3-4-6-13(12)11(2)19/h4-9,27H,10-14H2,1-3H3,(H,25,26);2-9,13,26H,10-11H2,1H3,(H,29,30);7-8,10,14H,2-6,9,11-13,15-16H2,1H3;2-6,13,19-20H,7-9H2,1H3;3-8H,9H2,1-2H3/b15-9+;;;;/t;;;13-;/m...1./s1. The first-order valence-electron chi connectivity index (χ1n) is 42.3. The number of benzene rings is 9. The van der Waals surface area contributed by atoms with E-state index in [0.717, 1.165) is 112 Å². The molecule has 1 saturated heterocycles. The van der Waals surface area contributed by atoms with Crippen molar-refractivity contribution in [2.45, 2.75) is 150 Å². The van der Waals surface area contributed by atoms with E-state index in [1.165, 1.54) is 93.2 Å². The number of carbonyl (C=O) groups is 7. The number of unbranched alkanes of at least 4 members (excludes halogenated alkanes) is 1. The Morgan fingerprint density at radius 3 is 1.98 bits per heavy atom. The van der Waals surface area contributed by atoms with Crippen molar-refractivity contribution in [2.75, 3.05) is 60.2 Å². The van der Waals surface area contributed by atoms with Gasteiger partial charge in [0.15, 0.2) is 45.5 Å². The lowest BCUT2D eigenvalue weighted by Crippen LogP contribution is -2.35. The fourth-order valence-electron chi connectivity index (χ4n) is 15.6. The summed E-state index contributed by atoms with van der Waals surface area (Å²) in [4.78, 5) is 110. The van der Waals surface area contributed by atoms with E-state index in [-0.39, 0.29) is 112 Å². The molecule has 3 aliphatic heterocycles. The number of piperidine rings is 1. The van der Waals surface area contributed by atoms with Crippen molar-refractivity contribution < 1.29 is 96.3 Å². The lowest BCUT2D eigenvalue weighted by Gasteiger charge is -2.39. The Hall–Kier alpha value is -12.9. The number of nitrogens with zero attached hydrogens (tertiary/aromatic N) is 2. The summed E-state index contributed by atoms with van der Waals surface area (Å²) in [6, 6.07) is 50.5. The number of hydrogen-bond acceptors (Lipinski definition) is 23. The summed E-state index contributed by atoms with van der Waals surface area (Å²) >= 11 is 12.5. The van der Waals surface area contributed by atoms with Crippen molar-refractivity contribution in [2.24, 2.45) is 0 Å². The highest BCUT2D eigenvalue weighted by molar-refractivity contribution is 6.36. The van der Waals surface area contributed by atoms with Crippen LogP contribution in [-0.2, 0) is 69.2 Å². The number of nitrogens with one attached hydrogen (secondary N) is 1. The number of halogens is 2. The van der Waals surface area contributed by atoms with E-state index < -0.39 is 40.6 Å². The Bertz CT molecular complexity index is 5940. The lowest BCUT2D eigenvalue weighted by molar-refractivity contribution is -0.145. The molecular weight excluding hydrogens is 1680 g/mol. The molecule has 0 bridgehead atoms. The minimum absolute atomic E-state index is 0.0110. The van der Waals surface area contributed by atoms with Crippen molar-refractivity contribution >= 4 is 86.3 Å². The number of methoxy groups -OCH3 is 1. The number of esters is 2. The van der Waals surface area contributed by atoms with Crippen LogP contribution in [0.1, 0.15) is 188 Å². The Kier molecular flexibility index (Phi) is 34.0. The molecule has 1 unspecified atom stereocenters. The van der Waals surface area contributed by atoms with Crippen molar-refractivity contribution in [3.63, 3.8) is 0 Å². The van der Waals surface area contributed by atoms with Crippen LogP contribution in [0.3, 0.4) is 0 Å². The molecule has 1 aliphatic carbocycles. The number of amides is 1. The molecule has 670 valence electrons. The Morgan fingerprint density at radius 2 is 1.30 bits per heavy atom. The number of carboxylic acid groups (broad SMARTS) is 1. The van der Waals surface area contributed by atoms with E-state index in [4.69, 9.17) is 60.8 Å². The highest BCUT2D eigenvalue weighted by Gasteiger charge is 2.35. The number of aromatic hydroxyl groups is 3. The van der Waals surface area contributed by atoms with Gasteiger partial charge >= 0.3 is 17.9 Å². The summed E-state index contributed by atoms with van der Waals surface area (Å²) in [7, 11) is 3.71. The minimum Gasteiger partial charge on any atom is -0.507 e. The van der Waals surface area contributed by atoms with Crippen molar-refractivity contribution in [1.29, 1.82) is 0 Å². The van der Waals surface area contributed by atoms with Crippen LogP contribution in [0.2, 0.25) is 10.0 Å². The number of likely N-dealkylation sites (N-methyl/N-ethyl adjacent to an activating group) is 1. The summed E-state index contributed by atoms with van der Waals surface area (Å²) in [6.07, 6.45) is 10.6. The van der Waals surface area contributed by atoms with Crippen LogP contribution in [-0.4, -0.2) is 143 Å². The third kappa shape index (κ3) is 25.1. The number of carboxylic acids is 1. The fraction of sp³-hybridized carbons (Fsp3) is 0.317. The molecular formula is C101H105Cl2N3O22. The monoisotopic (exact) mass is 1780 g/mol. The number of phenols is 3. The molecule has 9 aromatic carbocycles. The maximum atomic E-state index is 12.4. The quantitative estimate of drug-likeness (QED) is 0.00833. The second-order valence-electron chi connectivity index (χ2n) is 31.7. The number of cyclic esters (lactones) is 1. The van der Waals surface area contributed by atoms with Gasteiger partial charge in [-0.3, -0.25) is 43.4 Å². The smallest absolute Gasteiger partial charge is 0.371 e. The number of aliphatic hydroxyl groups excluding tert-OH is 1. The number of fused-ring (bicyclic) bond motifs is 5. The molecule has 0 radical (unpaired) electrons. The normalized spacial score (nSPS) is 13.9. The number of aliphatic hydroxyl groups is 1. The molecule has 2 atom stereocenters. The zero-order chi connectivity index (χ0) is 91.8. The number of ketones is 3. The highest BCUT2D eigenvalue weighted by Crippen LogP contribution is 2.50. The molecule has 4 aliphatic rings. The number of aromatic carboxylic acids is 1. The molecule has 5 heterocycles. The Labute approximate surface area is 751 Å². The number of aryl methyl sites for hydroxylation is 1. The van der Waals surface area contributed by atoms with E-state index in [9.17, 15) is 63.6 Å². The topological polar surface area (TPSA) is 355 Å². The molecule has 1 fully saturated rings. The first-order chi connectivity index (χ1) is 61.5. The number of Topliss-reactive ketones (excluding diaryl/α,β-unsaturated/α-hetero) is 3. The number of phenolic OH excluding ortho intramolecular Hbond substituents is 3. The van der Waals surface area contributed by atoms with Gasteiger partial charge in [-0.15, -0.1) is 0 Å². The molecule has 11 aromatic rings. The van der Waals surface area contributed by atoms with Crippen molar-refractivity contribution in [1.82, 2.24) is 15.1 Å². The largest absolute Gasteiger partial charge is 0.507 e. The first kappa shape index (κ1) is 95.7. The van der Waals surface area contributed by atoms with Gasteiger partial charge in [0.25, 0.3) is 0 Å². The minimum atomic E-state index is -1.38. The third-order valence-electron chi connectivity index (χ3n) is 22.4. The van der Waals surface area contributed by atoms with Crippen LogP contribution in [0.4, 0.5) is 0 Å². The molecule has 2 aromatic heterocycles. The average molecular weight is 1780 g/mol. The number of allylic oxidation sites excluding steroid dienone is 2. The van der Waals surface area contributed by atoms with E-state index in [1.807, 2.05) is 112 Å². The summed E-state index contributed by atoms with van der Waals surface area (Å²) in [5.41, 5.74) is 14.0. The number of likely N-dealkylation sites (tertiary alicyclic amines) is 1. The molecule has 0 spiro atoms. The Balaban J connectivity index is 0.000000157. The molecule has 0 saturated carbocycles. The van der Waals surface area contributed by atoms with Crippen LogP contribution in [0.5, 0.6) is 40.2 Å². The summed E-state index contributed by atoms with van der Waals surface area (Å²) in [6.45, 7) is 14.9. The molecule has 15 rings (SSSR count). The van der Waals surface area contributed by atoms with Gasteiger partial charge in [0.1, 0.15) is 88.8 Å². The molecule has 128 heavy (non-hydrogen) atoms. The third-order valence-corrected chi connectivity index (χ3v) is 23.3. The average Bonchev–Trinajstić information content (AvgIpc) is 0.792. The predicted octanol–water partition coefficient (Wildman–Crippen LogP) is 17.9. The van der Waals surface area contributed by atoms with Crippen LogP contribution in [0, 0.1) is 13.8 Å². The predicted molar refractivity (Wildman–Crippen MR) is 487 cm³/mol. The lowest BCUT2D eigenvalue weighted by atomic mass is 9.77. The van der Waals surface area contributed by atoms with E-state index in [2.05, 4.69) is 57.2 Å². The molecule has 27 heteroatoms. The second-order valence-corrected chi connectivity index (χ2v) is 32.5. The van der Waals surface area contributed by atoms with Gasteiger partial charge in [-0.1, -0.05) is 150 Å². The number of rotatable bonds is 29. The number of hydrogen-bond donors (Lipinski definition) is 6. The van der Waals surface area contributed by atoms with Gasteiger partial charge in [0.2, 0.25) is 11.7 Å². The highest BCUT2D eigenvalue weighted by atomic mass is 35.5. The number of carbonyl (C=O) groups excluding carboxylic acids is 6. The number of ether oxygens (including phenoxy) is 6. The second kappa shape index (κ2) is 45.5. The summed E-state index contributed by atoms with van der Waals surface area (Å²) in [5.74, 6) is -1.66. The van der Waals surface area contributed by atoms with Crippen LogP contribution in [0.25, 0.3) is 33.1 Å². The zero-order valence-electron chi connectivity index (χ0n) is 72.8. The fourth-order valence-corrected chi connectivity index (χ4v) is 16.1. The van der Waals surface area contributed by atoms with Gasteiger partial charge in [0.05, 0.1) is 13.7 Å². The SMILES string of the molecule is CC(=O)OCC(=O)CCCCOc1cccc(CN2CCCCC2)c1.CC(=O)c1cc(=O)c2c(OCC(O)COc3cccc4oc(C(=O)O)cc(=O)c34)cccc2o1.CC(=O)c1ccccc1Cc1c(Cl)ccc(C)c1Cl.CN1CCc2cccc3c2[C@H]1Cc1ccc(O)c(O)c1-3.COc1c(C)c2c(c(O)c1C/C=C(\C)CCC(=O)NCc1ccccc1)C(=O)OC2. The van der Waals surface area contributed by atoms with Gasteiger partial charge in [-0.05, 0) is 203 Å². The zero-order valence-corrected chi connectivity index (χ0v) is 74.3. The molecule has 1 amide bonds. The maximum absolute atomic E-state index is 12.4. The van der Waals surface area contributed by atoms with E-state index >= 15 is 0 Å². The van der Waals surface area contributed by atoms with Crippen LogP contribution in [0.15, 0.2) is 200 Å². The Morgan fingerprint density at radius 1 is 0.648 bits per heavy atom. The first-order valence-corrected chi connectivity index (χ1v) is 43.1. The van der Waals surface area contributed by atoms with Gasteiger partial charge in [-0.25, -0.2) is 9.59 Å². The van der Waals surface area contributed by atoms with Crippen molar-refractivity contribution in [3.8, 4) is 51.4 Å². The van der Waals surface area contributed by atoms with Crippen molar-refractivity contribution in [3.05, 3.63) is 296 Å². The van der Waals surface area contributed by atoms with E-state index in [0.29, 0.717) is 78.2 Å². The molecule has 25 nitrogen and oxygen atoms in total. The van der Waals surface area contributed by atoms with Gasteiger partial charge < -0.3 is 68.1 Å². The maximum Gasteiger partial charge on any atom is 0.371 e. The molecule has 6 N–H and O–H groups in total.